The summed E-state index contributed by atoms with van der Waals surface area (Å²) in [4.78, 5) is 0. The van der Waals surface area contributed by atoms with Crippen LogP contribution in [0.1, 0.15) is 11.7 Å². The standard InChI is InChI=1S/C14H10F2O2/c15-14(16)13(10-6-2-1-3-7-10)17-11-8-4-5-9-12(11)18-14/h1-9,13H/t13-/m1/s1. The lowest BCUT2D eigenvalue weighted by Gasteiger charge is -2.33. The number of rotatable bonds is 1. The van der Waals surface area contributed by atoms with E-state index in [1.54, 1.807) is 48.5 Å². The molecule has 0 fully saturated rings. The Labute approximate surface area is 103 Å². The van der Waals surface area contributed by atoms with Gasteiger partial charge in [0, 0.05) is 5.56 Å². The number of hydrogen-bond donors (Lipinski definition) is 0. The first kappa shape index (κ1) is 11.0. The van der Waals surface area contributed by atoms with Crippen LogP contribution in [0.2, 0.25) is 0 Å². The molecule has 0 aromatic heterocycles. The molecule has 1 aliphatic rings. The number of fused-ring (bicyclic) bond motifs is 1. The molecular formula is C14H10F2O2. The number of hydrogen-bond acceptors (Lipinski definition) is 2. The Kier molecular flexibility index (Phi) is 2.44. The van der Waals surface area contributed by atoms with Gasteiger partial charge in [0.1, 0.15) is 0 Å². The summed E-state index contributed by atoms with van der Waals surface area (Å²) in [5.41, 5.74) is 0.386. The van der Waals surface area contributed by atoms with E-state index in [2.05, 4.69) is 0 Å². The smallest absolute Gasteiger partial charge is 0.440 e. The van der Waals surface area contributed by atoms with Crippen LogP contribution in [-0.4, -0.2) is 6.11 Å². The van der Waals surface area contributed by atoms with Gasteiger partial charge in [0.15, 0.2) is 11.5 Å². The van der Waals surface area contributed by atoms with Crippen molar-refractivity contribution in [3.63, 3.8) is 0 Å². The molecule has 2 nitrogen and oxygen atoms in total. The van der Waals surface area contributed by atoms with Crippen LogP contribution >= 0.6 is 0 Å². The zero-order chi connectivity index (χ0) is 12.6. The first-order valence-electron chi connectivity index (χ1n) is 5.54. The Morgan fingerprint density at radius 2 is 1.44 bits per heavy atom. The van der Waals surface area contributed by atoms with E-state index in [1.165, 1.54) is 6.07 Å². The molecule has 1 atom stereocenters. The summed E-state index contributed by atoms with van der Waals surface area (Å²) in [6.07, 6.45) is -4.80. The van der Waals surface area contributed by atoms with Crippen LogP contribution in [0.5, 0.6) is 11.5 Å². The molecule has 18 heavy (non-hydrogen) atoms. The van der Waals surface area contributed by atoms with Crippen molar-refractivity contribution in [1.82, 2.24) is 0 Å². The van der Waals surface area contributed by atoms with E-state index in [0.717, 1.165) is 0 Å². The summed E-state index contributed by atoms with van der Waals surface area (Å²) in [6, 6.07) is 14.7. The maximum atomic E-state index is 13.9. The molecule has 92 valence electrons. The van der Waals surface area contributed by atoms with Crippen LogP contribution in [-0.2, 0) is 0 Å². The Bertz CT molecular complexity index is 555. The molecule has 3 rings (SSSR count). The number of para-hydroxylation sites is 2. The van der Waals surface area contributed by atoms with Gasteiger partial charge in [0.2, 0.25) is 6.10 Å². The van der Waals surface area contributed by atoms with Crippen LogP contribution in [0.4, 0.5) is 8.78 Å². The maximum Gasteiger partial charge on any atom is 0.440 e. The summed E-state index contributed by atoms with van der Waals surface area (Å²) in [5, 5.41) is 0. The van der Waals surface area contributed by atoms with Gasteiger partial charge < -0.3 is 9.47 Å². The van der Waals surface area contributed by atoms with E-state index >= 15 is 0 Å². The Morgan fingerprint density at radius 3 is 2.17 bits per heavy atom. The van der Waals surface area contributed by atoms with E-state index in [0.29, 0.717) is 11.3 Å². The second-order valence-corrected chi connectivity index (χ2v) is 4.02. The predicted molar refractivity (Wildman–Crippen MR) is 61.8 cm³/mol. The maximum absolute atomic E-state index is 13.9. The molecule has 0 spiro atoms. The lowest BCUT2D eigenvalue weighted by Crippen LogP contribution is -2.39. The average Bonchev–Trinajstić information content (AvgIpc) is 2.38. The molecule has 4 heteroatoms. The Morgan fingerprint density at radius 1 is 0.833 bits per heavy atom. The zero-order valence-electron chi connectivity index (χ0n) is 9.35. The van der Waals surface area contributed by atoms with Gasteiger partial charge in [-0.1, -0.05) is 42.5 Å². The number of alkyl halides is 2. The van der Waals surface area contributed by atoms with Gasteiger partial charge in [-0.05, 0) is 12.1 Å². The minimum Gasteiger partial charge on any atom is -0.471 e. The molecule has 0 saturated heterocycles. The van der Waals surface area contributed by atoms with Crippen molar-refractivity contribution in [2.75, 3.05) is 0 Å². The quantitative estimate of drug-likeness (QED) is 0.764. The van der Waals surface area contributed by atoms with E-state index in [-0.39, 0.29) is 5.75 Å². The third-order valence-electron chi connectivity index (χ3n) is 2.75. The monoisotopic (exact) mass is 248 g/mol. The molecule has 0 unspecified atom stereocenters. The lowest BCUT2D eigenvalue weighted by molar-refractivity contribution is -0.249. The lowest BCUT2D eigenvalue weighted by atomic mass is 10.1. The van der Waals surface area contributed by atoms with Crippen molar-refractivity contribution in [3.05, 3.63) is 60.2 Å². The predicted octanol–water partition coefficient (Wildman–Crippen LogP) is 3.79. The topological polar surface area (TPSA) is 18.5 Å². The number of benzene rings is 2. The summed E-state index contributed by atoms with van der Waals surface area (Å²) in [6.45, 7) is 0. The third kappa shape index (κ3) is 1.79. The molecule has 0 bridgehead atoms. The van der Waals surface area contributed by atoms with Gasteiger partial charge in [-0.2, -0.15) is 8.78 Å². The highest BCUT2D eigenvalue weighted by atomic mass is 19.3. The fourth-order valence-electron chi connectivity index (χ4n) is 1.92. The summed E-state index contributed by atoms with van der Waals surface area (Å²) < 4.78 is 37.9. The van der Waals surface area contributed by atoms with Gasteiger partial charge in [-0.25, -0.2) is 0 Å². The molecule has 0 aliphatic carbocycles. The van der Waals surface area contributed by atoms with Crippen LogP contribution in [0.3, 0.4) is 0 Å². The van der Waals surface area contributed by atoms with Gasteiger partial charge in [0.05, 0.1) is 0 Å². The van der Waals surface area contributed by atoms with Crippen molar-refractivity contribution in [2.24, 2.45) is 0 Å². The molecular weight excluding hydrogens is 238 g/mol. The fourth-order valence-corrected chi connectivity index (χ4v) is 1.92. The molecule has 0 saturated carbocycles. The molecule has 2 aromatic carbocycles. The van der Waals surface area contributed by atoms with Gasteiger partial charge in [-0.3, -0.25) is 0 Å². The summed E-state index contributed by atoms with van der Waals surface area (Å²) >= 11 is 0. The zero-order valence-corrected chi connectivity index (χ0v) is 9.35. The van der Waals surface area contributed by atoms with Crippen molar-refractivity contribution >= 4 is 0 Å². The third-order valence-corrected chi connectivity index (χ3v) is 2.75. The first-order chi connectivity index (χ1) is 8.67. The van der Waals surface area contributed by atoms with E-state index in [4.69, 9.17) is 9.47 Å². The molecule has 1 aliphatic heterocycles. The Hall–Kier alpha value is -2.10. The highest BCUT2D eigenvalue weighted by Crippen LogP contribution is 2.45. The average molecular weight is 248 g/mol. The molecule has 0 amide bonds. The largest absolute Gasteiger partial charge is 0.471 e. The molecule has 0 radical (unpaired) electrons. The normalized spacial score (nSPS) is 20.4. The number of halogens is 2. The van der Waals surface area contributed by atoms with Crippen molar-refractivity contribution in [1.29, 1.82) is 0 Å². The van der Waals surface area contributed by atoms with Crippen LogP contribution in [0, 0.1) is 0 Å². The van der Waals surface area contributed by atoms with Crippen LogP contribution in [0.25, 0.3) is 0 Å². The fraction of sp³-hybridized carbons (Fsp3) is 0.143. The Balaban J connectivity index is 2.02. The second kappa shape index (κ2) is 3.98. The van der Waals surface area contributed by atoms with Gasteiger partial charge >= 0.3 is 6.11 Å². The second-order valence-electron chi connectivity index (χ2n) is 4.02. The molecule has 2 aromatic rings. The minimum atomic E-state index is -3.38. The highest BCUT2D eigenvalue weighted by Gasteiger charge is 2.49. The van der Waals surface area contributed by atoms with Gasteiger partial charge in [-0.15, -0.1) is 0 Å². The molecule has 0 N–H and O–H groups in total. The van der Waals surface area contributed by atoms with Crippen molar-refractivity contribution in [3.8, 4) is 11.5 Å². The van der Waals surface area contributed by atoms with Crippen molar-refractivity contribution < 1.29 is 18.3 Å². The van der Waals surface area contributed by atoms with Crippen molar-refractivity contribution in [2.45, 2.75) is 12.2 Å². The summed E-state index contributed by atoms with van der Waals surface area (Å²) in [7, 11) is 0. The van der Waals surface area contributed by atoms with Crippen LogP contribution < -0.4 is 9.47 Å². The van der Waals surface area contributed by atoms with E-state index in [1.807, 2.05) is 0 Å². The summed E-state index contributed by atoms with van der Waals surface area (Å²) in [5.74, 6) is 0.395. The highest BCUT2D eigenvalue weighted by molar-refractivity contribution is 5.42. The van der Waals surface area contributed by atoms with Crippen LogP contribution in [0.15, 0.2) is 54.6 Å². The van der Waals surface area contributed by atoms with Gasteiger partial charge in [0.25, 0.3) is 0 Å². The minimum absolute atomic E-state index is 0.0645. The van der Waals surface area contributed by atoms with E-state index < -0.39 is 12.2 Å². The SMILES string of the molecule is FC1(F)Oc2ccccc2O[C@@H]1c1ccccc1. The molecule has 1 heterocycles. The first-order valence-corrected chi connectivity index (χ1v) is 5.54. The van der Waals surface area contributed by atoms with E-state index in [9.17, 15) is 8.78 Å². The number of ether oxygens (including phenoxy) is 2.